The Morgan fingerprint density at radius 1 is 1.06 bits per heavy atom. The maximum Gasteiger partial charge on any atom is 0.338 e. The van der Waals surface area contributed by atoms with E-state index in [1.807, 2.05) is 24.3 Å². The van der Waals surface area contributed by atoms with Crippen LogP contribution in [0.15, 0.2) is 63.5 Å². The van der Waals surface area contributed by atoms with Crippen molar-refractivity contribution in [3.63, 3.8) is 0 Å². The number of hydrogen-bond acceptors (Lipinski definition) is 8. The van der Waals surface area contributed by atoms with E-state index in [2.05, 4.69) is 4.99 Å². The fourth-order valence-corrected chi connectivity index (χ4v) is 5.12. The number of aromatic nitrogens is 1. The van der Waals surface area contributed by atoms with Gasteiger partial charge in [0, 0.05) is 5.56 Å². The molecule has 9 heteroatoms. The molecule has 0 radical (unpaired) electrons. The number of rotatable bonds is 7. The molecule has 0 saturated heterocycles. The number of para-hydroxylation sites is 1. The highest BCUT2D eigenvalue weighted by Crippen LogP contribution is 2.35. The molecule has 3 aromatic rings. The number of nitrogens with zero attached hydrogens (tertiary/aromatic N) is 2. The number of ether oxygens (including phenoxy) is 4. The second-order valence-electron chi connectivity index (χ2n) is 7.66. The first kappa shape index (κ1) is 24.3. The number of esters is 1. The van der Waals surface area contributed by atoms with Crippen molar-refractivity contribution < 1.29 is 23.7 Å². The Morgan fingerprint density at radius 2 is 1.77 bits per heavy atom. The first-order valence-electron chi connectivity index (χ1n) is 11.0. The lowest BCUT2D eigenvalue weighted by atomic mass is 9.95. The molecule has 0 unspecified atom stereocenters. The molecule has 182 valence electrons. The summed E-state index contributed by atoms with van der Waals surface area (Å²) >= 11 is 1.25. The maximum atomic E-state index is 13.7. The molecule has 2 heterocycles. The van der Waals surface area contributed by atoms with Crippen LogP contribution in [-0.4, -0.2) is 38.5 Å². The summed E-state index contributed by atoms with van der Waals surface area (Å²) in [6, 6.07) is 12.0. The molecule has 1 atom stereocenters. The predicted octanol–water partition coefficient (Wildman–Crippen LogP) is 2.82. The molecule has 0 aliphatic carbocycles. The molecule has 0 fully saturated rings. The van der Waals surface area contributed by atoms with Gasteiger partial charge in [0.05, 0.1) is 43.7 Å². The number of thiazole rings is 1. The van der Waals surface area contributed by atoms with Gasteiger partial charge in [-0.2, -0.15) is 0 Å². The molecule has 8 nitrogen and oxygen atoms in total. The second kappa shape index (κ2) is 10.2. The highest BCUT2D eigenvalue weighted by Gasteiger charge is 2.34. The van der Waals surface area contributed by atoms with Crippen molar-refractivity contribution >= 4 is 23.4 Å². The molecule has 1 aliphatic rings. The van der Waals surface area contributed by atoms with Crippen molar-refractivity contribution in [3.05, 3.63) is 84.5 Å². The Kier molecular flexibility index (Phi) is 7.07. The number of allylic oxidation sites excluding steroid dienone is 1. The molecule has 0 saturated carbocycles. The summed E-state index contributed by atoms with van der Waals surface area (Å²) in [5, 5.41) is 0. The van der Waals surface area contributed by atoms with Crippen molar-refractivity contribution in [2.75, 3.05) is 27.9 Å². The summed E-state index contributed by atoms with van der Waals surface area (Å²) in [4.78, 5) is 31.8. The van der Waals surface area contributed by atoms with Crippen LogP contribution >= 0.6 is 11.3 Å². The van der Waals surface area contributed by atoms with Crippen LogP contribution < -0.4 is 29.1 Å². The van der Waals surface area contributed by atoms with Gasteiger partial charge in [0.15, 0.2) is 16.3 Å². The number of methoxy groups -OCH3 is 3. The number of hydrogen-bond donors (Lipinski definition) is 0. The van der Waals surface area contributed by atoms with Gasteiger partial charge in [-0.25, -0.2) is 9.79 Å². The average molecular weight is 495 g/mol. The third-order valence-corrected chi connectivity index (χ3v) is 6.64. The highest BCUT2D eigenvalue weighted by molar-refractivity contribution is 7.07. The lowest BCUT2D eigenvalue weighted by molar-refractivity contribution is -0.139. The van der Waals surface area contributed by atoms with Crippen LogP contribution in [0.25, 0.3) is 6.08 Å². The van der Waals surface area contributed by atoms with Crippen LogP contribution in [0.2, 0.25) is 0 Å². The van der Waals surface area contributed by atoms with Crippen LogP contribution in [0.1, 0.15) is 31.0 Å². The summed E-state index contributed by atoms with van der Waals surface area (Å²) in [6.45, 7) is 3.70. The van der Waals surface area contributed by atoms with Gasteiger partial charge in [-0.05, 0) is 43.7 Å². The maximum absolute atomic E-state index is 13.7. The largest absolute Gasteiger partial charge is 0.496 e. The van der Waals surface area contributed by atoms with E-state index in [1.54, 1.807) is 59.5 Å². The fraction of sp³-hybridized carbons (Fsp3) is 0.269. The van der Waals surface area contributed by atoms with Gasteiger partial charge in [0.2, 0.25) is 0 Å². The molecule has 0 bridgehead atoms. The fourth-order valence-electron chi connectivity index (χ4n) is 4.07. The average Bonchev–Trinajstić information content (AvgIpc) is 3.17. The molecule has 4 rings (SSSR count). The normalized spacial score (nSPS) is 15.3. The van der Waals surface area contributed by atoms with E-state index in [0.29, 0.717) is 43.4 Å². The standard InChI is InChI=1S/C26H26N2O6S/c1-6-34-25(30)22-15(2)27-26-28(23(22)17-9-7-8-10-18(17)31-3)24(29)21(35-26)14-16-11-12-19(32-4)20(13-16)33-5/h7-14,23H,6H2,1-5H3/b21-14-/t23-/m1/s1. The van der Waals surface area contributed by atoms with Crippen molar-refractivity contribution in [3.8, 4) is 17.2 Å². The Hall–Kier alpha value is -3.85. The van der Waals surface area contributed by atoms with Gasteiger partial charge < -0.3 is 18.9 Å². The summed E-state index contributed by atoms with van der Waals surface area (Å²) in [5.41, 5.74) is 1.97. The molecule has 35 heavy (non-hydrogen) atoms. The zero-order valence-corrected chi connectivity index (χ0v) is 21.0. The highest BCUT2D eigenvalue weighted by atomic mass is 32.1. The number of benzene rings is 2. The minimum absolute atomic E-state index is 0.206. The monoisotopic (exact) mass is 494 g/mol. The van der Waals surface area contributed by atoms with E-state index in [0.717, 1.165) is 5.56 Å². The van der Waals surface area contributed by atoms with Gasteiger partial charge in [-0.1, -0.05) is 35.6 Å². The lowest BCUT2D eigenvalue weighted by Crippen LogP contribution is -2.40. The van der Waals surface area contributed by atoms with Crippen LogP contribution in [0, 0.1) is 0 Å². The minimum Gasteiger partial charge on any atom is -0.496 e. The second-order valence-corrected chi connectivity index (χ2v) is 8.67. The summed E-state index contributed by atoms with van der Waals surface area (Å²) in [5.74, 6) is 1.20. The van der Waals surface area contributed by atoms with Crippen molar-refractivity contribution in [2.45, 2.75) is 19.9 Å². The third kappa shape index (κ3) is 4.46. The number of carbonyl (C=O) groups is 1. The molecule has 0 spiro atoms. The van der Waals surface area contributed by atoms with E-state index in [1.165, 1.54) is 15.9 Å². The van der Waals surface area contributed by atoms with E-state index < -0.39 is 12.0 Å². The number of carbonyl (C=O) groups excluding carboxylic acids is 1. The Bertz CT molecular complexity index is 1480. The summed E-state index contributed by atoms with van der Waals surface area (Å²) in [6.07, 6.45) is 1.77. The van der Waals surface area contributed by atoms with Crippen molar-refractivity contribution in [1.29, 1.82) is 0 Å². The Morgan fingerprint density at radius 3 is 2.46 bits per heavy atom. The zero-order chi connectivity index (χ0) is 25.1. The topological polar surface area (TPSA) is 88.4 Å². The molecule has 1 aromatic heterocycles. The van der Waals surface area contributed by atoms with E-state index in [-0.39, 0.29) is 12.2 Å². The summed E-state index contributed by atoms with van der Waals surface area (Å²) in [7, 11) is 4.68. The minimum atomic E-state index is -0.742. The quantitative estimate of drug-likeness (QED) is 0.470. The van der Waals surface area contributed by atoms with E-state index in [9.17, 15) is 9.59 Å². The van der Waals surface area contributed by atoms with Crippen LogP contribution in [-0.2, 0) is 9.53 Å². The molecule has 2 aromatic carbocycles. The van der Waals surface area contributed by atoms with E-state index >= 15 is 0 Å². The first-order chi connectivity index (χ1) is 16.9. The SMILES string of the molecule is CCOC(=O)C1=C(C)N=c2s/c(=C\c3ccc(OC)c(OC)c3)c(=O)n2[C@@H]1c1ccccc1OC. The molecule has 1 aliphatic heterocycles. The summed E-state index contributed by atoms with van der Waals surface area (Å²) < 4.78 is 23.6. The van der Waals surface area contributed by atoms with Gasteiger partial charge in [-0.15, -0.1) is 0 Å². The molecular formula is C26H26N2O6S. The van der Waals surface area contributed by atoms with Gasteiger partial charge in [0.1, 0.15) is 11.8 Å². The Labute approximate surface area is 206 Å². The third-order valence-electron chi connectivity index (χ3n) is 5.66. The lowest BCUT2D eigenvalue weighted by Gasteiger charge is -2.25. The molecular weight excluding hydrogens is 468 g/mol. The van der Waals surface area contributed by atoms with Gasteiger partial charge in [-0.3, -0.25) is 9.36 Å². The first-order valence-corrected chi connectivity index (χ1v) is 11.8. The smallest absolute Gasteiger partial charge is 0.338 e. The predicted molar refractivity (Wildman–Crippen MR) is 133 cm³/mol. The zero-order valence-electron chi connectivity index (χ0n) is 20.2. The van der Waals surface area contributed by atoms with Crippen LogP contribution in [0.4, 0.5) is 0 Å². The van der Waals surface area contributed by atoms with E-state index in [4.69, 9.17) is 18.9 Å². The molecule has 0 N–H and O–H groups in total. The van der Waals surface area contributed by atoms with Crippen molar-refractivity contribution in [1.82, 2.24) is 4.57 Å². The van der Waals surface area contributed by atoms with Crippen LogP contribution in [0.5, 0.6) is 17.2 Å². The molecule has 0 amide bonds. The van der Waals surface area contributed by atoms with Gasteiger partial charge in [0.25, 0.3) is 5.56 Å². The van der Waals surface area contributed by atoms with Crippen molar-refractivity contribution in [2.24, 2.45) is 4.99 Å². The Balaban J connectivity index is 1.96. The number of fused-ring (bicyclic) bond motifs is 1. The van der Waals surface area contributed by atoms with Gasteiger partial charge >= 0.3 is 5.97 Å². The van der Waals surface area contributed by atoms with Crippen LogP contribution in [0.3, 0.4) is 0 Å².